The number of nitro groups is 1. The Labute approximate surface area is 105 Å². The van der Waals surface area contributed by atoms with E-state index in [0.717, 1.165) is 6.42 Å². The lowest BCUT2D eigenvalue weighted by Crippen LogP contribution is -2.37. The first kappa shape index (κ1) is 12.5. The molecule has 0 saturated carbocycles. The van der Waals surface area contributed by atoms with Crippen LogP contribution in [0.25, 0.3) is 0 Å². The minimum absolute atomic E-state index is 0.0200. The number of hydrogen-bond acceptors (Lipinski definition) is 5. The number of carbonyl (C=O) groups excluding carboxylic acids is 1. The predicted molar refractivity (Wildman–Crippen MR) is 65.7 cm³/mol. The molecule has 0 N–H and O–H groups in total. The fourth-order valence-corrected chi connectivity index (χ4v) is 2.33. The Bertz CT molecular complexity index is 495. The zero-order valence-electron chi connectivity index (χ0n) is 10.5. The molecule has 0 atom stereocenters. The van der Waals surface area contributed by atoms with Crippen molar-refractivity contribution in [2.75, 3.05) is 18.0 Å². The fourth-order valence-electron chi connectivity index (χ4n) is 2.33. The molecule has 7 nitrogen and oxygen atoms in total. The molecule has 2 rings (SSSR count). The van der Waals surface area contributed by atoms with Crippen molar-refractivity contribution >= 4 is 17.3 Å². The van der Waals surface area contributed by atoms with Gasteiger partial charge in [-0.2, -0.15) is 5.10 Å². The maximum absolute atomic E-state index is 11.5. The van der Waals surface area contributed by atoms with Gasteiger partial charge < -0.3 is 4.90 Å². The van der Waals surface area contributed by atoms with Gasteiger partial charge in [0, 0.05) is 19.5 Å². The summed E-state index contributed by atoms with van der Waals surface area (Å²) in [6, 6.07) is 0. The summed E-state index contributed by atoms with van der Waals surface area (Å²) < 4.78 is 1.60. The van der Waals surface area contributed by atoms with Gasteiger partial charge in [0.2, 0.25) is 5.82 Å². The Hall–Kier alpha value is -1.92. The molecule has 7 heteroatoms. The van der Waals surface area contributed by atoms with Crippen molar-refractivity contribution in [3.8, 4) is 0 Å². The molecule has 1 saturated heterocycles. The molecule has 1 aliphatic rings. The maximum Gasteiger partial charge on any atom is 0.333 e. The zero-order valence-corrected chi connectivity index (χ0v) is 10.5. The van der Waals surface area contributed by atoms with Crippen LogP contribution in [0.4, 0.5) is 11.5 Å². The number of aryl methyl sites for hydroxylation is 2. The van der Waals surface area contributed by atoms with Crippen molar-refractivity contribution in [1.82, 2.24) is 9.78 Å². The number of piperidine rings is 1. The Morgan fingerprint density at radius 1 is 1.50 bits per heavy atom. The lowest BCUT2D eigenvalue weighted by molar-refractivity contribution is -0.384. The third kappa shape index (κ3) is 2.07. The summed E-state index contributed by atoms with van der Waals surface area (Å²) in [7, 11) is 0. The monoisotopic (exact) mass is 252 g/mol. The highest BCUT2D eigenvalue weighted by molar-refractivity contribution is 5.85. The average molecular weight is 252 g/mol. The SMILES string of the molecule is CCn1nc(C)c([N+](=O)[O-])c1N1CCCC(=O)C1. The van der Waals surface area contributed by atoms with Crippen LogP contribution in [0.5, 0.6) is 0 Å². The zero-order chi connectivity index (χ0) is 13.3. The van der Waals surface area contributed by atoms with E-state index in [-0.39, 0.29) is 18.0 Å². The van der Waals surface area contributed by atoms with Crippen molar-refractivity contribution in [3.63, 3.8) is 0 Å². The van der Waals surface area contributed by atoms with Crippen LogP contribution in [0.1, 0.15) is 25.5 Å². The summed E-state index contributed by atoms with van der Waals surface area (Å²) in [5, 5.41) is 15.3. The molecule has 0 aromatic carbocycles. The summed E-state index contributed by atoms with van der Waals surface area (Å²) in [6.07, 6.45) is 1.30. The Morgan fingerprint density at radius 3 is 2.78 bits per heavy atom. The van der Waals surface area contributed by atoms with Gasteiger partial charge in [-0.25, -0.2) is 4.68 Å². The summed E-state index contributed by atoms with van der Waals surface area (Å²) in [6.45, 7) is 4.96. The standard InChI is InChI=1S/C11H16N4O3/c1-3-14-11(10(15(17)18)8(2)12-14)13-6-4-5-9(16)7-13/h3-7H2,1-2H3. The maximum atomic E-state index is 11.5. The van der Waals surface area contributed by atoms with Gasteiger partial charge >= 0.3 is 5.69 Å². The van der Waals surface area contributed by atoms with Crippen molar-refractivity contribution in [2.45, 2.75) is 33.2 Å². The van der Waals surface area contributed by atoms with E-state index < -0.39 is 4.92 Å². The van der Waals surface area contributed by atoms with Crippen LogP contribution in [0.3, 0.4) is 0 Å². The van der Waals surface area contributed by atoms with Crippen LogP contribution in [0.15, 0.2) is 0 Å². The van der Waals surface area contributed by atoms with Crippen LogP contribution >= 0.6 is 0 Å². The van der Waals surface area contributed by atoms with Gasteiger partial charge in [0.25, 0.3) is 0 Å². The lowest BCUT2D eigenvalue weighted by Gasteiger charge is -2.27. The Morgan fingerprint density at radius 2 is 2.22 bits per heavy atom. The van der Waals surface area contributed by atoms with Gasteiger partial charge in [-0.1, -0.05) is 0 Å². The van der Waals surface area contributed by atoms with Crippen LogP contribution in [-0.2, 0) is 11.3 Å². The third-order valence-electron chi connectivity index (χ3n) is 3.10. The molecule has 0 bridgehead atoms. The summed E-state index contributed by atoms with van der Waals surface area (Å²) in [5.74, 6) is 0.588. The molecular formula is C11H16N4O3. The lowest BCUT2D eigenvalue weighted by atomic mass is 10.1. The van der Waals surface area contributed by atoms with Crippen LogP contribution in [0, 0.1) is 17.0 Å². The molecule has 18 heavy (non-hydrogen) atoms. The van der Waals surface area contributed by atoms with Crippen LogP contribution < -0.4 is 4.90 Å². The van der Waals surface area contributed by atoms with Gasteiger partial charge in [-0.3, -0.25) is 14.9 Å². The number of ketones is 1. The molecule has 0 radical (unpaired) electrons. The smallest absolute Gasteiger partial charge is 0.333 e. The number of Topliss-reactive ketones (excluding diaryl/α,β-unsaturated/α-hetero) is 1. The number of nitrogens with zero attached hydrogens (tertiary/aromatic N) is 4. The number of carbonyl (C=O) groups is 1. The molecule has 0 unspecified atom stereocenters. The first-order valence-corrected chi connectivity index (χ1v) is 6.03. The first-order chi connectivity index (χ1) is 8.54. The average Bonchev–Trinajstić information content (AvgIpc) is 2.66. The quantitative estimate of drug-likeness (QED) is 0.598. The second-order valence-electron chi connectivity index (χ2n) is 4.39. The number of anilines is 1. The molecular weight excluding hydrogens is 236 g/mol. The normalized spacial score (nSPS) is 16.1. The van der Waals surface area contributed by atoms with Gasteiger partial charge in [0.15, 0.2) is 5.78 Å². The molecule has 0 aliphatic carbocycles. The Kier molecular flexibility index (Phi) is 3.31. The minimum Gasteiger partial charge on any atom is -0.344 e. The highest BCUT2D eigenvalue weighted by Gasteiger charge is 2.31. The minimum atomic E-state index is -0.414. The second kappa shape index (κ2) is 4.75. The molecule has 0 spiro atoms. The van der Waals surface area contributed by atoms with E-state index in [9.17, 15) is 14.9 Å². The first-order valence-electron chi connectivity index (χ1n) is 6.03. The van der Waals surface area contributed by atoms with Crippen molar-refractivity contribution in [3.05, 3.63) is 15.8 Å². The summed E-state index contributed by atoms with van der Waals surface area (Å²) in [5.41, 5.74) is 0.418. The van der Waals surface area contributed by atoms with Crippen molar-refractivity contribution in [1.29, 1.82) is 0 Å². The third-order valence-corrected chi connectivity index (χ3v) is 3.10. The highest BCUT2D eigenvalue weighted by atomic mass is 16.6. The topological polar surface area (TPSA) is 81.3 Å². The van der Waals surface area contributed by atoms with Crippen molar-refractivity contribution in [2.24, 2.45) is 0 Å². The van der Waals surface area contributed by atoms with E-state index in [2.05, 4.69) is 5.10 Å². The largest absolute Gasteiger partial charge is 0.344 e. The van der Waals surface area contributed by atoms with E-state index in [1.165, 1.54) is 0 Å². The predicted octanol–water partition coefficient (Wildman–Crippen LogP) is 1.29. The summed E-state index contributed by atoms with van der Waals surface area (Å²) >= 11 is 0. The van der Waals surface area contributed by atoms with Gasteiger partial charge in [-0.05, 0) is 20.3 Å². The van der Waals surface area contributed by atoms with Crippen molar-refractivity contribution < 1.29 is 9.72 Å². The molecule has 0 amide bonds. The number of rotatable bonds is 3. The Balaban J connectivity index is 2.46. The number of hydrogen-bond donors (Lipinski definition) is 0. The molecule has 1 fully saturated rings. The van der Waals surface area contributed by atoms with Gasteiger partial charge in [0.05, 0.1) is 11.5 Å². The number of aromatic nitrogens is 2. The molecule has 1 aromatic heterocycles. The molecule has 1 aromatic rings. The van der Waals surface area contributed by atoms with Crippen LogP contribution in [-0.4, -0.2) is 33.6 Å². The van der Waals surface area contributed by atoms with Gasteiger partial charge in [0.1, 0.15) is 5.69 Å². The van der Waals surface area contributed by atoms with E-state index >= 15 is 0 Å². The highest BCUT2D eigenvalue weighted by Crippen LogP contribution is 2.32. The van der Waals surface area contributed by atoms with Gasteiger partial charge in [-0.15, -0.1) is 0 Å². The van der Waals surface area contributed by atoms with E-state index in [1.807, 2.05) is 6.92 Å². The second-order valence-corrected chi connectivity index (χ2v) is 4.39. The fraction of sp³-hybridized carbons (Fsp3) is 0.636. The summed E-state index contributed by atoms with van der Waals surface area (Å²) in [4.78, 5) is 24.0. The van der Waals surface area contributed by atoms with Crippen LogP contribution in [0.2, 0.25) is 0 Å². The van der Waals surface area contributed by atoms with E-state index in [4.69, 9.17) is 0 Å². The van der Waals surface area contributed by atoms with E-state index in [0.29, 0.717) is 31.0 Å². The molecule has 98 valence electrons. The molecule has 1 aliphatic heterocycles. The molecule has 2 heterocycles. The van der Waals surface area contributed by atoms with E-state index in [1.54, 1.807) is 16.5 Å².